The lowest BCUT2D eigenvalue weighted by Gasteiger charge is -2.34. The number of carbonyl (C=O) groups is 1. The van der Waals surface area contributed by atoms with Crippen molar-refractivity contribution in [3.05, 3.63) is 18.7 Å². The van der Waals surface area contributed by atoms with Crippen LogP contribution in [0.4, 0.5) is 0 Å². The molecule has 1 atom stereocenters. The van der Waals surface area contributed by atoms with E-state index in [4.69, 9.17) is 0 Å². The van der Waals surface area contributed by atoms with Crippen molar-refractivity contribution in [3.63, 3.8) is 0 Å². The van der Waals surface area contributed by atoms with Crippen LogP contribution < -0.4 is 5.32 Å². The number of rotatable bonds is 7. The van der Waals surface area contributed by atoms with Crippen molar-refractivity contribution in [2.75, 3.05) is 19.6 Å². The second kappa shape index (κ2) is 8.04. The number of hydrogen-bond acceptors (Lipinski definition) is 3. The molecular formula is C15H26N4O. The predicted octanol–water partition coefficient (Wildman–Crippen LogP) is 1.65. The maximum Gasteiger partial charge on any atom is 0.237 e. The zero-order valence-corrected chi connectivity index (χ0v) is 12.4. The second-order valence-electron chi connectivity index (χ2n) is 5.49. The highest BCUT2D eigenvalue weighted by atomic mass is 16.2. The van der Waals surface area contributed by atoms with Crippen LogP contribution in [-0.2, 0) is 11.3 Å². The van der Waals surface area contributed by atoms with Gasteiger partial charge in [-0.3, -0.25) is 9.69 Å². The summed E-state index contributed by atoms with van der Waals surface area (Å²) in [5.41, 5.74) is 0. The number of nitrogens with zero attached hydrogens (tertiary/aromatic N) is 3. The zero-order valence-electron chi connectivity index (χ0n) is 12.4. The van der Waals surface area contributed by atoms with E-state index in [1.54, 1.807) is 6.20 Å². The van der Waals surface area contributed by atoms with Gasteiger partial charge in [-0.05, 0) is 38.8 Å². The highest BCUT2D eigenvalue weighted by molar-refractivity contribution is 5.81. The summed E-state index contributed by atoms with van der Waals surface area (Å²) in [5, 5.41) is 3.09. The van der Waals surface area contributed by atoms with E-state index >= 15 is 0 Å². The fraction of sp³-hybridized carbons (Fsp3) is 0.733. The number of aryl methyl sites for hydroxylation is 1. The third-order valence-corrected chi connectivity index (χ3v) is 3.88. The Bertz CT molecular complexity index is 389. The van der Waals surface area contributed by atoms with E-state index in [1.165, 1.54) is 12.8 Å². The molecule has 1 unspecified atom stereocenters. The van der Waals surface area contributed by atoms with Gasteiger partial charge in [0.2, 0.25) is 5.91 Å². The quantitative estimate of drug-likeness (QED) is 0.772. The minimum atomic E-state index is 0.0944. The normalized spacial score (nSPS) is 19.9. The van der Waals surface area contributed by atoms with Gasteiger partial charge in [-0.15, -0.1) is 0 Å². The maximum atomic E-state index is 12.3. The summed E-state index contributed by atoms with van der Waals surface area (Å²) in [6, 6.07) is 0.0944. The summed E-state index contributed by atoms with van der Waals surface area (Å²) < 4.78 is 2.04. The van der Waals surface area contributed by atoms with Crippen molar-refractivity contribution in [1.29, 1.82) is 0 Å². The molecule has 112 valence electrons. The first-order valence-electron chi connectivity index (χ1n) is 7.78. The largest absolute Gasteiger partial charge is 0.355 e. The van der Waals surface area contributed by atoms with Crippen molar-refractivity contribution in [2.24, 2.45) is 0 Å². The standard InChI is InChI=1S/C15H26N4O/c1-2-9-19-11-4-3-6-14(19)15(20)17-7-5-10-18-12-8-16-13-18/h8,12-14H,2-7,9-11H2,1H3,(H,17,20). The molecule has 1 N–H and O–H groups in total. The van der Waals surface area contributed by atoms with Crippen LogP contribution in [0.15, 0.2) is 18.7 Å². The van der Waals surface area contributed by atoms with Gasteiger partial charge >= 0.3 is 0 Å². The Balaban J connectivity index is 1.69. The molecule has 1 saturated heterocycles. The highest BCUT2D eigenvalue weighted by Gasteiger charge is 2.27. The van der Waals surface area contributed by atoms with E-state index < -0.39 is 0 Å². The third kappa shape index (κ3) is 4.34. The van der Waals surface area contributed by atoms with Crippen LogP contribution in [0.3, 0.4) is 0 Å². The molecule has 1 amide bonds. The van der Waals surface area contributed by atoms with Crippen LogP contribution in [0.1, 0.15) is 39.0 Å². The highest BCUT2D eigenvalue weighted by Crippen LogP contribution is 2.17. The third-order valence-electron chi connectivity index (χ3n) is 3.88. The summed E-state index contributed by atoms with van der Waals surface area (Å²) >= 11 is 0. The molecular weight excluding hydrogens is 252 g/mol. The van der Waals surface area contributed by atoms with Gasteiger partial charge in [-0.25, -0.2) is 4.98 Å². The van der Waals surface area contributed by atoms with E-state index in [2.05, 4.69) is 22.1 Å². The topological polar surface area (TPSA) is 50.2 Å². The molecule has 5 heteroatoms. The van der Waals surface area contributed by atoms with Gasteiger partial charge in [0.1, 0.15) is 0 Å². The lowest BCUT2D eigenvalue weighted by molar-refractivity contribution is -0.127. The summed E-state index contributed by atoms with van der Waals surface area (Å²) in [6.45, 7) is 5.93. The van der Waals surface area contributed by atoms with E-state index in [1.807, 2.05) is 17.1 Å². The summed E-state index contributed by atoms with van der Waals surface area (Å²) in [6.07, 6.45) is 11.0. The number of hydrogen-bond donors (Lipinski definition) is 1. The van der Waals surface area contributed by atoms with Gasteiger partial charge in [0.05, 0.1) is 12.4 Å². The minimum absolute atomic E-state index is 0.0944. The molecule has 1 aliphatic heterocycles. The zero-order chi connectivity index (χ0) is 14.2. The number of carbonyl (C=O) groups excluding carboxylic acids is 1. The van der Waals surface area contributed by atoms with Crippen molar-refractivity contribution in [3.8, 4) is 0 Å². The lowest BCUT2D eigenvalue weighted by atomic mass is 10.0. The van der Waals surface area contributed by atoms with Crippen molar-refractivity contribution in [1.82, 2.24) is 19.8 Å². The summed E-state index contributed by atoms with van der Waals surface area (Å²) in [5.74, 6) is 0.212. The first kappa shape index (κ1) is 15.0. The van der Waals surface area contributed by atoms with Crippen LogP contribution in [0, 0.1) is 0 Å². The Morgan fingerprint density at radius 1 is 1.40 bits per heavy atom. The van der Waals surface area contributed by atoms with Crippen LogP contribution >= 0.6 is 0 Å². The number of piperidine rings is 1. The molecule has 5 nitrogen and oxygen atoms in total. The molecule has 0 saturated carbocycles. The average molecular weight is 278 g/mol. The molecule has 1 aromatic rings. The van der Waals surface area contributed by atoms with Gasteiger partial charge in [-0.1, -0.05) is 13.3 Å². The van der Waals surface area contributed by atoms with Gasteiger partial charge in [0.15, 0.2) is 0 Å². The minimum Gasteiger partial charge on any atom is -0.355 e. The maximum absolute atomic E-state index is 12.3. The smallest absolute Gasteiger partial charge is 0.237 e. The molecule has 0 bridgehead atoms. The van der Waals surface area contributed by atoms with Crippen molar-refractivity contribution in [2.45, 2.75) is 51.6 Å². The van der Waals surface area contributed by atoms with Crippen LogP contribution in [-0.4, -0.2) is 46.0 Å². The Labute approximate surface area is 121 Å². The van der Waals surface area contributed by atoms with Crippen LogP contribution in [0.2, 0.25) is 0 Å². The first-order chi connectivity index (χ1) is 9.81. The molecule has 1 aromatic heterocycles. The van der Waals surface area contributed by atoms with Gasteiger partial charge in [0.25, 0.3) is 0 Å². The Morgan fingerprint density at radius 3 is 3.05 bits per heavy atom. The van der Waals surface area contributed by atoms with Crippen molar-refractivity contribution >= 4 is 5.91 Å². The average Bonchev–Trinajstić information content (AvgIpc) is 2.97. The van der Waals surface area contributed by atoms with Gasteiger partial charge in [-0.2, -0.15) is 0 Å². The van der Waals surface area contributed by atoms with Crippen LogP contribution in [0.25, 0.3) is 0 Å². The summed E-state index contributed by atoms with van der Waals surface area (Å²) in [7, 11) is 0. The van der Waals surface area contributed by atoms with Crippen LogP contribution in [0.5, 0.6) is 0 Å². The number of aromatic nitrogens is 2. The molecule has 0 radical (unpaired) electrons. The fourth-order valence-corrected chi connectivity index (χ4v) is 2.85. The molecule has 0 spiro atoms. The monoisotopic (exact) mass is 278 g/mol. The SMILES string of the molecule is CCCN1CCCCC1C(=O)NCCCn1ccnc1. The van der Waals surface area contributed by atoms with Gasteiger partial charge in [0, 0.05) is 25.5 Å². The lowest BCUT2D eigenvalue weighted by Crippen LogP contribution is -2.49. The van der Waals surface area contributed by atoms with E-state index in [0.29, 0.717) is 0 Å². The molecule has 0 aliphatic carbocycles. The molecule has 20 heavy (non-hydrogen) atoms. The Morgan fingerprint density at radius 2 is 2.30 bits per heavy atom. The molecule has 1 aliphatic rings. The molecule has 1 fully saturated rings. The number of amides is 1. The first-order valence-corrected chi connectivity index (χ1v) is 7.78. The molecule has 2 rings (SSSR count). The van der Waals surface area contributed by atoms with E-state index in [-0.39, 0.29) is 11.9 Å². The second-order valence-corrected chi connectivity index (χ2v) is 5.49. The number of nitrogens with one attached hydrogen (secondary N) is 1. The van der Waals surface area contributed by atoms with E-state index in [0.717, 1.165) is 45.4 Å². The van der Waals surface area contributed by atoms with Gasteiger partial charge < -0.3 is 9.88 Å². The Kier molecular flexibility index (Phi) is 6.05. The predicted molar refractivity (Wildman–Crippen MR) is 79.4 cm³/mol. The number of imidazole rings is 1. The fourth-order valence-electron chi connectivity index (χ4n) is 2.85. The molecule has 2 heterocycles. The van der Waals surface area contributed by atoms with E-state index in [9.17, 15) is 4.79 Å². The number of likely N-dealkylation sites (tertiary alicyclic amines) is 1. The summed E-state index contributed by atoms with van der Waals surface area (Å²) in [4.78, 5) is 18.6. The molecule has 0 aromatic carbocycles. The van der Waals surface area contributed by atoms with Crippen molar-refractivity contribution < 1.29 is 4.79 Å². The Hall–Kier alpha value is -1.36.